The molecule has 0 radical (unpaired) electrons. The van der Waals surface area contributed by atoms with E-state index in [4.69, 9.17) is 9.47 Å². The zero-order valence-electron chi connectivity index (χ0n) is 19.4. The Morgan fingerprint density at radius 2 is 1.84 bits per heavy atom. The number of pyridine rings is 1. The summed E-state index contributed by atoms with van der Waals surface area (Å²) in [4.78, 5) is 28.9. The van der Waals surface area contributed by atoms with Gasteiger partial charge in [-0.2, -0.15) is 0 Å². The number of para-hydroxylation sites is 1. The van der Waals surface area contributed by atoms with Crippen LogP contribution in [0, 0.1) is 0 Å². The molecule has 1 aromatic heterocycles. The van der Waals surface area contributed by atoms with Crippen molar-refractivity contribution in [3.05, 3.63) is 42.1 Å². The topological polar surface area (TPSA) is 92.2 Å². The number of hydrogen-bond acceptors (Lipinski definition) is 6. The summed E-state index contributed by atoms with van der Waals surface area (Å²) >= 11 is 0. The highest BCUT2D eigenvalue weighted by Gasteiger charge is 2.36. The second kappa shape index (κ2) is 13.1. The minimum atomic E-state index is -1.19. The van der Waals surface area contributed by atoms with Gasteiger partial charge in [-0.3, -0.25) is 4.98 Å². The quantitative estimate of drug-likeness (QED) is 0.260. The lowest BCUT2D eigenvalue weighted by atomic mass is 10.1. The molecule has 8 heteroatoms. The van der Waals surface area contributed by atoms with Gasteiger partial charge in [0, 0.05) is 31.3 Å². The van der Waals surface area contributed by atoms with Gasteiger partial charge in [-0.05, 0) is 38.8 Å². The number of ether oxygens (including phenoxy) is 2. The van der Waals surface area contributed by atoms with Gasteiger partial charge >= 0.3 is 6.09 Å². The van der Waals surface area contributed by atoms with E-state index in [0.717, 1.165) is 34.3 Å². The van der Waals surface area contributed by atoms with Crippen LogP contribution in [0.2, 0.25) is 0 Å². The highest BCUT2D eigenvalue weighted by Crippen LogP contribution is 2.24. The fraction of sp³-hybridized carbons (Fsp3) is 0.542. The molecular weight excluding hydrogens is 410 g/mol. The Bertz CT molecular complexity index is 851. The zero-order valence-corrected chi connectivity index (χ0v) is 19.4. The predicted octanol–water partition coefficient (Wildman–Crippen LogP) is 4.48. The molecule has 0 fully saturated rings. The third-order valence-electron chi connectivity index (χ3n) is 5.37. The first kappa shape index (κ1) is 25.7. The lowest BCUT2D eigenvalue weighted by Gasteiger charge is -2.42. The maximum Gasteiger partial charge on any atom is 0.422 e. The number of fused-ring (bicyclic) bond motifs is 1. The Kier molecular flexibility index (Phi) is 10.5. The fourth-order valence-electron chi connectivity index (χ4n) is 3.79. The molecule has 0 spiro atoms. The molecule has 8 nitrogen and oxygen atoms in total. The van der Waals surface area contributed by atoms with E-state index in [1.54, 1.807) is 11.2 Å². The Hall–Kier alpha value is -2.55. The highest BCUT2D eigenvalue weighted by atomic mass is 16.7. The van der Waals surface area contributed by atoms with Gasteiger partial charge in [0.15, 0.2) is 6.29 Å². The number of aromatic nitrogens is 1. The van der Waals surface area contributed by atoms with E-state index in [1.165, 1.54) is 0 Å². The van der Waals surface area contributed by atoms with Crippen molar-refractivity contribution in [3.63, 3.8) is 0 Å². The number of carbonyl (C=O) groups is 2. The summed E-state index contributed by atoms with van der Waals surface area (Å²) in [7, 11) is 0. The van der Waals surface area contributed by atoms with Crippen LogP contribution in [0.25, 0.3) is 10.9 Å². The number of unbranched alkanes of at least 4 members (excludes halogenated alkanes) is 1. The van der Waals surface area contributed by atoms with Gasteiger partial charge in [-0.15, -0.1) is 0 Å². The number of benzene rings is 1. The monoisotopic (exact) mass is 445 g/mol. The van der Waals surface area contributed by atoms with Crippen LogP contribution in [0.3, 0.4) is 0 Å². The van der Waals surface area contributed by atoms with Gasteiger partial charge in [0.25, 0.3) is 0 Å². The van der Waals surface area contributed by atoms with E-state index in [2.05, 4.69) is 4.98 Å². The summed E-state index contributed by atoms with van der Waals surface area (Å²) < 4.78 is 11.6. The van der Waals surface area contributed by atoms with Gasteiger partial charge in [0.2, 0.25) is 0 Å². The zero-order chi connectivity index (χ0) is 23.5. The van der Waals surface area contributed by atoms with Gasteiger partial charge < -0.3 is 19.4 Å². The Labute approximate surface area is 190 Å². The summed E-state index contributed by atoms with van der Waals surface area (Å²) in [5.74, 6) is 0. The summed E-state index contributed by atoms with van der Waals surface area (Å²) in [6.45, 7) is 8.65. The number of carbonyl (C=O) groups excluding carboxylic acids is 1. The second-order valence-electron chi connectivity index (χ2n) is 7.58. The number of hydrogen-bond donors (Lipinski definition) is 1. The normalized spacial score (nSPS) is 13.4. The molecule has 1 amide bonds. The molecular formula is C24H35N3O5. The molecule has 176 valence electrons. The molecule has 0 aliphatic carbocycles. The van der Waals surface area contributed by atoms with Crippen molar-refractivity contribution in [2.75, 3.05) is 13.2 Å². The van der Waals surface area contributed by atoms with Crippen molar-refractivity contribution >= 4 is 23.3 Å². The number of hydrazine groups is 1. The molecule has 1 heterocycles. The van der Waals surface area contributed by atoms with Gasteiger partial charge in [0.05, 0.1) is 11.6 Å². The van der Waals surface area contributed by atoms with E-state index >= 15 is 0 Å². The predicted molar refractivity (Wildman–Crippen MR) is 123 cm³/mol. The Morgan fingerprint density at radius 1 is 1.16 bits per heavy atom. The lowest BCUT2D eigenvalue weighted by Crippen LogP contribution is -2.58. The third-order valence-corrected chi connectivity index (χ3v) is 5.37. The van der Waals surface area contributed by atoms with Crippen molar-refractivity contribution in [2.45, 2.75) is 71.9 Å². The average molecular weight is 446 g/mol. The first-order valence-electron chi connectivity index (χ1n) is 11.3. The first-order valence-corrected chi connectivity index (χ1v) is 11.3. The minimum absolute atomic E-state index is 0.231. The van der Waals surface area contributed by atoms with Crippen molar-refractivity contribution in [1.82, 2.24) is 15.0 Å². The SMILES string of the molecule is CCCCC(C=O)N(C(=O)O)N(Cc1cccc2cccnc12)[C@@H](C)C(OCC)OCC. The third kappa shape index (κ3) is 6.48. The van der Waals surface area contributed by atoms with Crippen molar-refractivity contribution in [1.29, 1.82) is 0 Å². The molecule has 2 atom stereocenters. The molecule has 1 N–H and O–H groups in total. The van der Waals surface area contributed by atoms with Crippen molar-refractivity contribution in [3.8, 4) is 0 Å². The molecule has 1 unspecified atom stereocenters. The summed E-state index contributed by atoms with van der Waals surface area (Å²) in [6, 6.07) is 8.36. The molecule has 2 rings (SSSR count). The first-order chi connectivity index (χ1) is 15.5. The summed E-state index contributed by atoms with van der Waals surface area (Å²) in [5.41, 5.74) is 1.64. The molecule has 0 aliphatic rings. The van der Waals surface area contributed by atoms with Gasteiger partial charge in [0.1, 0.15) is 12.3 Å². The van der Waals surface area contributed by atoms with Crippen LogP contribution in [-0.2, 0) is 20.8 Å². The number of aldehydes is 1. The van der Waals surface area contributed by atoms with E-state index in [0.29, 0.717) is 25.9 Å². The Morgan fingerprint density at radius 3 is 2.44 bits per heavy atom. The van der Waals surface area contributed by atoms with Gasteiger partial charge in [-0.1, -0.05) is 44.0 Å². The molecule has 0 aliphatic heterocycles. The van der Waals surface area contributed by atoms with Crippen molar-refractivity contribution < 1.29 is 24.2 Å². The standard InChI is InChI=1S/C24H35N3O5/c1-5-8-14-21(17-28)27(24(29)30)26(18(4)23(31-6-2)32-7-3)16-20-12-9-11-19-13-10-15-25-22(19)20/h9-13,15,17-18,21,23H,5-8,14,16H2,1-4H3,(H,29,30)/t18-,21?/m0/s1. The van der Waals surface area contributed by atoms with Crippen LogP contribution < -0.4 is 0 Å². The largest absolute Gasteiger partial charge is 0.464 e. The van der Waals surface area contributed by atoms with Crippen LogP contribution in [0.4, 0.5) is 4.79 Å². The maximum absolute atomic E-state index is 12.4. The second-order valence-corrected chi connectivity index (χ2v) is 7.58. The Balaban J connectivity index is 2.53. The van der Waals surface area contributed by atoms with Crippen LogP contribution in [0.1, 0.15) is 52.5 Å². The van der Waals surface area contributed by atoms with Crippen LogP contribution in [0.5, 0.6) is 0 Å². The number of carboxylic acid groups (broad SMARTS) is 1. The maximum atomic E-state index is 12.4. The number of amides is 1. The van der Waals surface area contributed by atoms with Crippen LogP contribution >= 0.6 is 0 Å². The molecule has 1 aromatic carbocycles. The molecule has 2 aromatic rings. The van der Waals surface area contributed by atoms with E-state index in [9.17, 15) is 14.7 Å². The molecule has 0 bridgehead atoms. The number of nitrogens with zero attached hydrogens (tertiary/aromatic N) is 3. The summed E-state index contributed by atoms with van der Waals surface area (Å²) in [6.07, 6.45) is 2.62. The number of rotatable bonds is 14. The van der Waals surface area contributed by atoms with E-state index in [-0.39, 0.29) is 6.54 Å². The average Bonchev–Trinajstić information content (AvgIpc) is 2.80. The minimum Gasteiger partial charge on any atom is -0.464 e. The molecule has 0 saturated carbocycles. The molecule has 32 heavy (non-hydrogen) atoms. The van der Waals surface area contributed by atoms with E-state index in [1.807, 2.05) is 58.0 Å². The smallest absolute Gasteiger partial charge is 0.422 e. The van der Waals surface area contributed by atoms with Crippen LogP contribution in [0.15, 0.2) is 36.5 Å². The molecule has 0 saturated heterocycles. The fourth-order valence-corrected chi connectivity index (χ4v) is 3.79. The summed E-state index contributed by atoms with van der Waals surface area (Å²) in [5, 5.41) is 13.9. The highest BCUT2D eigenvalue weighted by molar-refractivity contribution is 5.81. The van der Waals surface area contributed by atoms with Crippen LogP contribution in [-0.4, -0.2) is 64.1 Å². The lowest BCUT2D eigenvalue weighted by molar-refractivity contribution is -0.204. The van der Waals surface area contributed by atoms with E-state index < -0.39 is 24.5 Å². The van der Waals surface area contributed by atoms with Crippen molar-refractivity contribution in [2.24, 2.45) is 0 Å². The van der Waals surface area contributed by atoms with Gasteiger partial charge in [-0.25, -0.2) is 14.8 Å².